The van der Waals surface area contributed by atoms with E-state index in [-0.39, 0.29) is 0 Å². The molecule has 0 radical (unpaired) electrons. The van der Waals surface area contributed by atoms with Crippen LogP contribution in [0.1, 0.15) is 44.6 Å². The van der Waals surface area contributed by atoms with Gasteiger partial charge in [-0.05, 0) is 56.8 Å². The number of hydrogen-bond donors (Lipinski definition) is 1. The molecule has 0 bridgehead atoms. The van der Waals surface area contributed by atoms with Crippen LogP contribution >= 0.6 is 0 Å². The van der Waals surface area contributed by atoms with Crippen LogP contribution in [0.2, 0.25) is 0 Å². The van der Waals surface area contributed by atoms with E-state index in [1.807, 2.05) is 12.4 Å². The van der Waals surface area contributed by atoms with Crippen molar-refractivity contribution >= 4 is 0 Å². The van der Waals surface area contributed by atoms with Crippen LogP contribution in [0, 0.1) is 5.41 Å². The lowest BCUT2D eigenvalue weighted by Crippen LogP contribution is -2.62. The van der Waals surface area contributed by atoms with Crippen LogP contribution in [0.25, 0.3) is 0 Å². The number of ether oxygens (including phenoxy) is 1. The van der Waals surface area contributed by atoms with E-state index in [2.05, 4.69) is 29.4 Å². The maximum absolute atomic E-state index is 5.96. The zero-order valence-corrected chi connectivity index (χ0v) is 12.5. The fourth-order valence-corrected chi connectivity index (χ4v) is 4.11. The van der Waals surface area contributed by atoms with Gasteiger partial charge in [0.15, 0.2) is 0 Å². The van der Waals surface area contributed by atoms with Crippen LogP contribution in [0.3, 0.4) is 0 Å². The Balaban J connectivity index is 1.51. The van der Waals surface area contributed by atoms with Gasteiger partial charge < -0.3 is 10.1 Å². The number of nitrogens with zero attached hydrogens (tertiary/aromatic N) is 1. The van der Waals surface area contributed by atoms with Crippen molar-refractivity contribution in [2.24, 2.45) is 5.41 Å². The first-order chi connectivity index (χ1) is 9.85. The molecule has 2 fully saturated rings. The lowest BCUT2D eigenvalue weighted by molar-refractivity contribution is -0.130. The molecule has 3 heteroatoms. The van der Waals surface area contributed by atoms with Crippen molar-refractivity contribution in [3.05, 3.63) is 30.1 Å². The average molecular weight is 274 g/mol. The third kappa shape index (κ3) is 2.61. The van der Waals surface area contributed by atoms with Crippen molar-refractivity contribution in [3.8, 4) is 0 Å². The topological polar surface area (TPSA) is 34.1 Å². The summed E-state index contributed by atoms with van der Waals surface area (Å²) in [5, 5.41) is 3.79. The molecule has 1 heterocycles. The third-order valence-corrected chi connectivity index (χ3v) is 5.24. The predicted molar refractivity (Wildman–Crippen MR) is 80.7 cm³/mol. The van der Waals surface area contributed by atoms with Crippen molar-refractivity contribution in [2.75, 3.05) is 13.2 Å². The minimum Gasteiger partial charge on any atom is -0.378 e. The van der Waals surface area contributed by atoms with Gasteiger partial charge in [0.1, 0.15) is 0 Å². The maximum atomic E-state index is 5.96. The minimum absolute atomic E-state index is 0.453. The monoisotopic (exact) mass is 274 g/mol. The summed E-state index contributed by atoms with van der Waals surface area (Å²) < 4.78 is 5.96. The molecule has 1 aromatic heterocycles. The van der Waals surface area contributed by atoms with Crippen molar-refractivity contribution in [3.63, 3.8) is 0 Å². The SMILES string of the molecule is CCOC1CC(NCCc2ccncc2)C12CCCC2. The van der Waals surface area contributed by atoms with E-state index in [0.29, 0.717) is 17.6 Å². The Morgan fingerprint density at radius 2 is 2.05 bits per heavy atom. The zero-order valence-electron chi connectivity index (χ0n) is 12.5. The molecule has 2 aliphatic carbocycles. The molecule has 0 aliphatic heterocycles. The van der Waals surface area contributed by atoms with Crippen LogP contribution in [-0.2, 0) is 11.2 Å². The quantitative estimate of drug-likeness (QED) is 0.866. The summed E-state index contributed by atoms with van der Waals surface area (Å²) in [4.78, 5) is 4.07. The Hall–Kier alpha value is -0.930. The summed E-state index contributed by atoms with van der Waals surface area (Å²) in [7, 11) is 0. The molecule has 0 amide bonds. The molecule has 3 rings (SSSR count). The summed E-state index contributed by atoms with van der Waals surface area (Å²) in [6, 6.07) is 4.89. The summed E-state index contributed by atoms with van der Waals surface area (Å²) in [6.45, 7) is 4.04. The molecule has 2 saturated carbocycles. The van der Waals surface area contributed by atoms with Gasteiger partial charge in [0, 0.05) is 30.5 Å². The highest BCUT2D eigenvalue weighted by Gasteiger charge is 2.56. The molecule has 3 nitrogen and oxygen atoms in total. The number of nitrogens with one attached hydrogen (secondary N) is 1. The van der Waals surface area contributed by atoms with Crippen molar-refractivity contribution in [2.45, 2.75) is 57.6 Å². The largest absolute Gasteiger partial charge is 0.378 e. The minimum atomic E-state index is 0.453. The first-order valence-corrected chi connectivity index (χ1v) is 8.09. The van der Waals surface area contributed by atoms with Crippen LogP contribution in [0.5, 0.6) is 0 Å². The van der Waals surface area contributed by atoms with E-state index in [9.17, 15) is 0 Å². The molecule has 0 saturated heterocycles. The van der Waals surface area contributed by atoms with Gasteiger partial charge in [-0.2, -0.15) is 0 Å². The Labute approximate surface area is 122 Å². The molecule has 0 aromatic carbocycles. The third-order valence-electron chi connectivity index (χ3n) is 5.24. The van der Waals surface area contributed by atoms with E-state index in [4.69, 9.17) is 4.74 Å². The van der Waals surface area contributed by atoms with E-state index >= 15 is 0 Å². The van der Waals surface area contributed by atoms with E-state index in [1.165, 1.54) is 37.7 Å². The van der Waals surface area contributed by atoms with Gasteiger partial charge in [-0.3, -0.25) is 4.98 Å². The summed E-state index contributed by atoms with van der Waals surface area (Å²) in [5.41, 5.74) is 1.82. The highest BCUT2D eigenvalue weighted by Crippen LogP contribution is 2.54. The molecule has 1 aromatic rings. The van der Waals surface area contributed by atoms with Gasteiger partial charge in [-0.1, -0.05) is 12.8 Å². The fourth-order valence-electron chi connectivity index (χ4n) is 4.11. The second-order valence-electron chi connectivity index (χ2n) is 6.23. The number of aromatic nitrogens is 1. The van der Waals surface area contributed by atoms with Crippen LogP contribution in [0.4, 0.5) is 0 Å². The molecule has 1 N–H and O–H groups in total. The van der Waals surface area contributed by atoms with Gasteiger partial charge in [0.2, 0.25) is 0 Å². The number of hydrogen-bond acceptors (Lipinski definition) is 3. The van der Waals surface area contributed by atoms with Crippen molar-refractivity contribution < 1.29 is 4.74 Å². The Kier molecular flexibility index (Phi) is 4.37. The molecular formula is C17H26N2O. The summed E-state index contributed by atoms with van der Waals surface area (Å²) in [5.74, 6) is 0. The second kappa shape index (κ2) is 6.23. The number of rotatable bonds is 6. The Morgan fingerprint density at radius 3 is 2.75 bits per heavy atom. The van der Waals surface area contributed by atoms with Gasteiger partial charge in [-0.15, -0.1) is 0 Å². The lowest BCUT2D eigenvalue weighted by Gasteiger charge is -2.54. The zero-order chi connectivity index (χ0) is 13.8. The highest BCUT2D eigenvalue weighted by atomic mass is 16.5. The highest BCUT2D eigenvalue weighted by molar-refractivity contribution is 5.12. The first kappa shape index (κ1) is 14.0. The molecule has 2 aliphatic rings. The molecular weight excluding hydrogens is 248 g/mol. The van der Waals surface area contributed by atoms with Crippen molar-refractivity contribution in [1.82, 2.24) is 10.3 Å². The maximum Gasteiger partial charge on any atom is 0.0661 e. The Bertz CT molecular complexity index is 414. The molecule has 2 unspecified atom stereocenters. The predicted octanol–water partition coefficient (Wildman–Crippen LogP) is 2.95. The van der Waals surface area contributed by atoms with Gasteiger partial charge >= 0.3 is 0 Å². The fraction of sp³-hybridized carbons (Fsp3) is 0.706. The van der Waals surface area contributed by atoms with Gasteiger partial charge in [-0.25, -0.2) is 0 Å². The second-order valence-corrected chi connectivity index (χ2v) is 6.23. The summed E-state index contributed by atoms with van der Waals surface area (Å²) >= 11 is 0. The smallest absolute Gasteiger partial charge is 0.0661 e. The molecule has 1 spiro atoms. The van der Waals surface area contributed by atoms with E-state index in [0.717, 1.165) is 19.6 Å². The van der Waals surface area contributed by atoms with Gasteiger partial charge in [0.05, 0.1) is 6.10 Å². The normalized spacial score (nSPS) is 27.6. The van der Waals surface area contributed by atoms with Crippen LogP contribution in [-0.4, -0.2) is 30.3 Å². The van der Waals surface area contributed by atoms with Crippen LogP contribution < -0.4 is 5.32 Å². The Morgan fingerprint density at radius 1 is 1.30 bits per heavy atom. The summed E-state index contributed by atoms with van der Waals surface area (Å²) in [6.07, 6.45) is 12.0. The van der Waals surface area contributed by atoms with E-state index in [1.54, 1.807) is 0 Å². The van der Waals surface area contributed by atoms with Crippen LogP contribution in [0.15, 0.2) is 24.5 Å². The van der Waals surface area contributed by atoms with Crippen molar-refractivity contribution in [1.29, 1.82) is 0 Å². The number of pyridine rings is 1. The molecule has 20 heavy (non-hydrogen) atoms. The first-order valence-electron chi connectivity index (χ1n) is 8.09. The molecule has 2 atom stereocenters. The standard InChI is InChI=1S/C17H26N2O/c1-2-20-16-13-15(17(16)8-3-4-9-17)19-12-7-14-5-10-18-11-6-14/h5-6,10-11,15-16,19H,2-4,7-9,12-13H2,1H3. The van der Waals surface area contributed by atoms with Gasteiger partial charge in [0.25, 0.3) is 0 Å². The lowest BCUT2D eigenvalue weighted by atomic mass is 9.60. The molecule has 110 valence electrons. The van der Waals surface area contributed by atoms with E-state index < -0.39 is 0 Å². The average Bonchev–Trinajstić information content (AvgIpc) is 2.99.